The highest BCUT2D eigenvalue weighted by molar-refractivity contribution is 5.88. The molecule has 1 N–H and O–H groups in total. The molecule has 1 aromatic heterocycles. The molecule has 1 saturated heterocycles. The second kappa shape index (κ2) is 10.6. The molecule has 0 bridgehead atoms. The van der Waals surface area contributed by atoms with Gasteiger partial charge in [0.05, 0.1) is 35.0 Å². The van der Waals surface area contributed by atoms with Crippen molar-refractivity contribution in [3.63, 3.8) is 0 Å². The van der Waals surface area contributed by atoms with Crippen molar-refractivity contribution in [3.8, 4) is 5.69 Å². The molecule has 0 aliphatic carbocycles. The number of esters is 1. The summed E-state index contributed by atoms with van der Waals surface area (Å²) in [5.74, 6) is -0.0489. The molecular formula is C24H26N6O4. The van der Waals surface area contributed by atoms with Crippen LogP contribution in [0.3, 0.4) is 0 Å². The SMILES string of the molecule is CCOC(=O)C1CCN(c2c([N+](=O)[O-])c(/C=N/Nc3ccccc3)nn2-c2ccccc2)CC1. The van der Waals surface area contributed by atoms with Crippen LogP contribution in [0.1, 0.15) is 25.5 Å². The molecular weight excluding hydrogens is 436 g/mol. The lowest BCUT2D eigenvalue weighted by Crippen LogP contribution is -2.38. The van der Waals surface area contributed by atoms with E-state index in [0.29, 0.717) is 44.0 Å². The number of ether oxygens (including phenoxy) is 1. The van der Waals surface area contributed by atoms with Gasteiger partial charge in [0.1, 0.15) is 0 Å². The van der Waals surface area contributed by atoms with Gasteiger partial charge in [0.25, 0.3) is 0 Å². The third-order valence-corrected chi connectivity index (χ3v) is 5.61. The van der Waals surface area contributed by atoms with Gasteiger partial charge in [-0.25, -0.2) is 4.68 Å². The van der Waals surface area contributed by atoms with Gasteiger partial charge in [0, 0.05) is 13.1 Å². The first-order valence-corrected chi connectivity index (χ1v) is 11.2. The molecule has 0 saturated carbocycles. The molecule has 0 spiro atoms. The van der Waals surface area contributed by atoms with E-state index in [1.807, 2.05) is 65.6 Å². The summed E-state index contributed by atoms with van der Waals surface area (Å²) in [4.78, 5) is 25.8. The molecule has 1 fully saturated rings. The van der Waals surface area contributed by atoms with Gasteiger partial charge in [-0.05, 0) is 44.0 Å². The Labute approximate surface area is 197 Å². The van der Waals surface area contributed by atoms with Crippen LogP contribution in [0.2, 0.25) is 0 Å². The van der Waals surface area contributed by atoms with Gasteiger partial charge in [-0.2, -0.15) is 10.2 Å². The quantitative estimate of drug-likeness (QED) is 0.233. The first-order chi connectivity index (χ1) is 16.6. The van der Waals surface area contributed by atoms with Crippen molar-refractivity contribution in [3.05, 3.63) is 76.5 Å². The molecule has 2 heterocycles. The average molecular weight is 463 g/mol. The smallest absolute Gasteiger partial charge is 0.340 e. The molecule has 10 nitrogen and oxygen atoms in total. The molecule has 0 unspecified atom stereocenters. The molecule has 1 aliphatic rings. The Morgan fingerprint density at radius 3 is 2.44 bits per heavy atom. The molecule has 0 amide bonds. The summed E-state index contributed by atoms with van der Waals surface area (Å²) < 4.78 is 6.73. The van der Waals surface area contributed by atoms with Crippen LogP contribution < -0.4 is 10.3 Å². The van der Waals surface area contributed by atoms with E-state index in [4.69, 9.17) is 4.74 Å². The van der Waals surface area contributed by atoms with Crippen molar-refractivity contribution in [2.45, 2.75) is 19.8 Å². The lowest BCUT2D eigenvalue weighted by molar-refractivity contribution is -0.384. The average Bonchev–Trinajstić information content (AvgIpc) is 3.25. The highest BCUT2D eigenvalue weighted by Gasteiger charge is 2.35. The zero-order chi connectivity index (χ0) is 23.9. The van der Waals surface area contributed by atoms with E-state index in [1.165, 1.54) is 6.21 Å². The van der Waals surface area contributed by atoms with Crippen LogP contribution in [0, 0.1) is 16.0 Å². The summed E-state index contributed by atoms with van der Waals surface area (Å²) in [5, 5.41) is 20.9. The van der Waals surface area contributed by atoms with E-state index in [1.54, 1.807) is 11.6 Å². The largest absolute Gasteiger partial charge is 0.466 e. The number of nitro groups is 1. The second-order valence-electron chi connectivity index (χ2n) is 7.81. The summed E-state index contributed by atoms with van der Waals surface area (Å²) in [7, 11) is 0. The minimum absolute atomic E-state index is 0.128. The number of nitrogens with zero attached hydrogens (tertiary/aromatic N) is 5. The number of carbonyl (C=O) groups excluding carboxylic acids is 1. The van der Waals surface area contributed by atoms with Gasteiger partial charge in [0.2, 0.25) is 5.82 Å². The van der Waals surface area contributed by atoms with Crippen LogP contribution in [-0.4, -0.2) is 46.6 Å². The van der Waals surface area contributed by atoms with Crippen molar-refractivity contribution in [2.75, 3.05) is 30.0 Å². The van der Waals surface area contributed by atoms with E-state index in [0.717, 1.165) is 5.69 Å². The Morgan fingerprint density at radius 1 is 1.18 bits per heavy atom. The van der Waals surface area contributed by atoms with Gasteiger partial charge >= 0.3 is 11.7 Å². The normalized spacial score (nSPS) is 14.3. The molecule has 2 aromatic carbocycles. The summed E-state index contributed by atoms with van der Waals surface area (Å²) in [6, 6.07) is 18.6. The number of hydrazone groups is 1. The fourth-order valence-electron chi connectivity index (χ4n) is 3.98. The first-order valence-electron chi connectivity index (χ1n) is 11.2. The standard InChI is InChI=1S/C24H26N6O4/c1-2-34-24(31)18-13-15-28(16-14-18)23-22(30(32)33)21(17-25-26-19-9-5-3-6-10-19)27-29(23)20-11-7-4-8-12-20/h3-12,17-18,26H,2,13-16H2,1H3/b25-17+. The highest BCUT2D eigenvalue weighted by Crippen LogP contribution is 2.36. The van der Waals surface area contributed by atoms with Crippen molar-refractivity contribution >= 4 is 29.4 Å². The Bertz CT molecular complexity index is 1150. The Kier molecular flexibility index (Phi) is 7.16. The Morgan fingerprint density at radius 2 is 1.82 bits per heavy atom. The lowest BCUT2D eigenvalue weighted by Gasteiger charge is -2.32. The zero-order valence-corrected chi connectivity index (χ0v) is 18.8. The summed E-state index contributed by atoms with van der Waals surface area (Å²) in [5.41, 5.74) is 4.33. The molecule has 3 aromatic rings. The minimum Gasteiger partial charge on any atom is -0.466 e. The van der Waals surface area contributed by atoms with E-state index < -0.39 is 4.92 Å². The third-order valence-electron chi connectivity index (χ3n) is 5.61. The predicted molar refractivity (Wildman–Crippen MR) is 129 cm³/mol. The van der Waals surface area contributed by atoms with Crippen LogP contribution in [0.4, 0.5) is 17.2 Å². The van der Waals surface area contributed by atoms with Crippen LogP contribution in [0.25, 0.3) is 5.69 Å². The van der Waals surface area contributed by atoms with Gasteiger partial charge in [-0.15, -0.1) is 0 Å². The summed E-state index contributed by atoms with van der Waals surface area (Å²) in [6.45, 7) is 3.07. The molecule has 0 atom stereocenters. The molecule has 4 rings (SSSR count). The first kappa shape index (κ1) is 23.0. The zero-order valence-electron chi connectivity index (χ0n) is 18.8. The highest BCUT2D eigenvalue weighted by atomic mass is 16.6. The number of hydrogen-bond donors (Lipinski definition) is 1. The van der Waals surface area contributed by atoms with E-state index in [9.17, 15) is 14.9 Å². The molecule has 176 valence electrons. The molecule has 0 radical (unpaired) electrons. The van der Waals surface area contributed by atoms with E-state index in [2.05, 4.69) is 15.6 Å². The number of carbonyl (C=O) groups is 1. The number of hydrogen-bond acceptors (Lipinski definition) is 8. The van der Waals surface area contributed by atoms with Crippen molar-refractivity contribution in [1.82, 2.24) is 9.78 Å². The number of nitrogens with one attached hydrogen (secondary N) is 1. The topological polar surface area (TPSA) is 115 Å². The van der Waals surface area contributed by atoms with Crippen LogP contribution in [0.15, 0.2) is 65.8 Å². The molecule has 34 heavy (non-hydrogen) atoms. The lowest BCUT2D eigenvalue weighted by atomic mass is 9.97. The van der Waals surface area contributed by atoms with E-state index in [-0.39, 0.29) is 23.3 Å². The summed E-state index contributed by atoms with van der Waals surface area (Å²) >= 11 is 0. The van der Waals surface area contributed by atoms with Crippen LogP contribution in [0.5, 0.6) is 0 Å². The minimum atomic E-state index is -0.428. The second-order valence-corrected chi connectivity index (χ2v) is 7.81. The van der Waals surface area contributed by atoms with Gasteiger partial charge in [-0.1, -0.05) is 36.4 Å². The molecule has 1 aliphatic heterocycles. The van der Waals surface area contributed by atoms with Crippen molar-refractivity contribution in [1.29, 1.82) is 0 Å². The Balaban J connectivity index is 1.68. The number of rotatable bonds is 8. The van der Waals surface area contributed by atoms with E-state index >= 15 is 0 Å². The Hall–Kier alpha value is -4.21. The number of anilines is 2. The monoisotopic (exact) mass is 462 g/mol. The fourth-order valence-corrected chi connectivity index (χ4v) is 3.98. The maximum atomic E-state index is 12.2. The fraction of sp³-hybridized carbons (Fsp3) is 0.292. The van der Waals surface area contributed by atoms with Gasteiger partial charge < -0.3 is 9.64 Å². The van der Waals surface area contributed by atoms with Gasteiger partial charge in [-0.3, -0.25) is 20.3 Å². The van der Waals surface area contributed by atoms with Crippen LogP contribution in [-0.2, 0) is 9.53 Å². The van der Waals surface area contributed by atoms with Gasteiger partial charge in [0.15, 0.2) is 5.69 Å². The predicted octanol–water partition coefficient (Wildman–Crippen LogP) is 4.01. The maximum absolute atomic E-state index is 12.2. The maximum Gasteiger partial charge on any atom is 0.340 e. The third kappa shape index (κ3) is 5.06. The number of piperidine rings is 1. The van der Waals surface area contributed by atoms with Crippen molar-refractivity contribution in [2.24, 2.45) is 11.0 Å². The number of para-hydroxylation sites is 2. The number of benzene rings is 2. The van der Waals surface area contributed by atoms with Crippen LogP contribution >= 0.6 is 0 Å². The summed E-state index contributed by atoms with van der Waals surface area (Å²) in [6.07, 6.45) is 2.46. The molecule has 10 heteroatoms. The number of aromatic nitrogens is 2. The van der Waals surface area contributed by atoms with Crippen molar-refractivity contribution < 1.29 is 14.5 Å².